The number of hydrogen-bond acceptors (Lipinski definition) is 7. The Labute approximate surface area is 211 Å². The largest absolute Gasteiger partial charge is 0.369 e. The smallest absolute Gasteiger partial charge is 0.267 e. The Bertz CT molecular complexity index is 1410. The third-order valence-corrected chi connectivity index (χ3v) is 7.66. The molecule has 5 rings (SSSR count). The number of hydrogen-bond donors (Lipinski definition) is 1. The molecule has 4 heterocycles. The van der Waals surface area contributed by atoms with Gasteiger partial charge in [-0.1, -0.05) is 60.4 Å². The zero-order chi connectivity index (χ0) is 24.5. The predicted molar refractivity (Wildman–Crippen MR) is 141 cm³/mol. The average Bonchev–Trinajstić information content (AvgIpc) is 3.13. The zero-order valence-electron chi connectivity index (χ0n) is 18.8. The highest BCUT2D eigenvalue weighted by molar-refractivity contribution is 8.26. The molecule has 2 aliphatic heterocycles. The molecule has 0 unspecified atom stereocenters. The fourth-order valence-corrected chi connectivity index (χ4v) is 5.60. The fraction of sp³-hybridized carbons (Fsp3) is 0.240. The molecule has 2 fully saturated rings. The van der Waals surface area contributed by atoms with Gasteiger partial charge in [-0.15, -0.1) is 0 Å². The van der Waals surface area contributed by atoms with Crippen molar-refractivity contribution in [2.45, 2.75) is 19.4 Å². The molecular formula is C25H23N5O3S2. The van der Waals surface area contributed by atoms with Crippen LogP contribution in [0.4, 0.5) is 5.82 Å². The number of anilines is 1. The van der Waals surface area contributed by atoms with Gasteiger partial charge in [-0.2, -0.15) is 0 Å². The summed E-state index contributed by atoms with van der Waals surface area (Å²) in [6.07, 6.45) is 4.44. The molecule has 1 aromatic carbocycles. The topological polar surface area (TPSA) is 101 Å². The van der Waals surface area contributed by atoms with Crippen LogP contribution in [0.15, 0.2) is 64.4 Å². The molecule has 0 atom stereocenters. The van der Waals surface area contributed by atoms with Gasteiger partial charge in [0.05, 0.1) is 17.0 Å². The van der Waals surface area contributed by atoms with Crippen LogP contribution in [0.2, 0.25) is 0 Å². The maximum absolute atomic E-state index is 13.5. The predicted octanol–water partition coefficient (Wildman–Crippen LogP) is 2.80. The molecule has 10 heteroatoms. The lowest BCUT2D eigenvalue weighted by atomic mass is 9.96. The third kappa shape index (κ3) is 4.59. The number of amides is 2. The first-order chi connectivity index (χ1) is 16.9. The summed E-state index contributed by atoms with van der Waals surface area (Å²) in [5.41, 5.74) is 7.03. The maximum Gasteiger partial charge on any atom is 0.267 e. The zero-order valence-corrected chi connectivity index (χ0v) is 20.4. The second kappa shape index (κ2) is 9.63. The Kier molecular flexibility index (Phi) is 6.40. The molecule has 178 valence electrons. The van der Waals surface area contributed by atoms with Crippen LogP contribution in [0.25, 0.3) is 11.7 Å². The Morgan fingerprint density at radius 3 is 2.54 bits per heavy atom. The van der Waals surface area contributed by atoms with Crippen molar-refractivity contribution in [3.63, 3.8) is 0 Å². The van der Waals surface area contributed by atoms with Gasteiger partial charge in [0.15, 0.2) is 0 Å². The average molecular weight is 506 g/mol. The number of benzene rings is 1. The van der Waals surface area contributed by atoms with Gasteiger partial charge in [0.1, 0.15) is 15.8 Å². The van der Waals surface area contributed by atoms with Crippen molar-refractivity contribution >= 4 is 57.7 Å². The molecule has 0 bridgehead atoms. The van der Waals surface area contributed by atoms with E-state index in [1.807, 2.05) is 41.3 Å². The maximum atomic E-state index is 13.5. The Hall–Kier alpha value is -3.50. The van der Waals surface area contributed by atoms with Crippen LogP contribution in [0.3, 0.4) is 0 Å². The van der Waals surface area contributed by atoms with E-state index in [0.717, 1.165) is 5.56 Å². The Balaban J connectivity index is 1.53. The third-order valence-electron chi connectivity index (χ3n) is 6.28. The Morgan fingerprint density at radius 2 is 1.83 bits per heavy atom. The molecule has 0 radical (unpaired) electrons. The summed E-state index contributed by atoms with van der Waals surface area (Å²) in [6.45, 7) is 1.45. The van der Waals surface area contributed by atoms with Gasteiger partial charge >= 0.3 is 0 Å². The number of thioether (sulfide) groups is 1. The van der Waals surface area contributed by atoms with E-state index < -0.39 is 0 Å². The minimum Gasteiger partial charge on any atom is -0.369 e. The number of nitrogens with zero attached hydrogens (tertiary/aromatic N) is 4. The number of fused-ring (bicyclic) bond motifs is 1. The van der Waals surface area contributed by atoms with Gasteiger partial charge in [0.2, 0.25) is 5.91 Å². The van der Waals surface area contributed by atoms with Crippen LogP contribution in [0.1, 0.15) is 24.0 Å². The fourth-order valence-electron chi connectivity index (χ4n) is 4.37. The lowest BCUT2D eigenvalue weighted by Gasteiger charge is -2.32. The van der Waals surface area contributed by atoms with Gasteiger partial charge in [0.25, 0.3) is 11.5 Å². The van der Waals surface area contributed by atoms with Crippen LogP contribution in [0.5, 0.6) is 0 Å². The summed E-state index contributed by atoms with van der Waals surface area (Å²) in [6, 6.07) is 15.0. The first kappa shape index (κ1) is 23.3. The van der Waals surface area contributed by atoms with Gasteiger partial charge in [-0.25, -0.2) is 4.98 Å². The van der Waals surface area contributed by atoms with Crippen LogP contribution in [-0.2, 0) is 16.1 Å². The molecule has 2 amide bonds. The first-order valence-corrected chi connectivity index (χ1v) is 12.5. The monoisotopic (exact) mass is 505 g/mol. The number of carbonyl (C=O) groups excluding carboxylic acids is 2. The number of rotatable bonds is 5. The van der Waals surface area contributed by atoms with E-state index in [0.29, 0.717) is 58.7 Å². The van der Waals surface area contributed by atoms with Crippen LogP contribution >= 0.6 is 24.0 Å². The minimum atomic E-state index is -0.307. The highest BCUT2D eigenvalue weighted by Crippen LogP contribution is 2.35. The highest BCUT2D eigenvalue weighted by atomic mass is 32.2. The Morgan fingerprint density at radius 1 is 1.11 bits per heavy atom. The van der Waals surface area contributed by atoms with E-state index in [4.69, 9.17) is 22.9 Å². The molecule has 0 spiro atoms. The molecular weight excluding hydrogens is 482 g/mol. The second-order valence-electron chi connectivity index (χ2n) is 8.50. The number of pyridine rings is 1. The van der Waals surface area contributed by atoms with Gasteiger partial charge in [-0.3, -0.25) is 23.7 Å². The number of primary amides is 1. The molecule has 8 nitrogen and oxygen atoms in total. The van der Waals surface area contributed by atoms with Crippen molar-refractivity contribution in [2.24, 2.45) is 11.7 Å². The van der Waals surface area contributed by atoms with E-state index in [1.54, 1.807) is 29.3 Å². The van der Waals surface area contributed by atoms with E-state index in [9.17, 15) is 14.4 Å². The van der Waals surface area contributed by atoms with Crippen molar-refractivity contribution < 1.29 is 9.59 Å². The molecule has 2 aliphatic rings. The molecule has 0 aliphatic carbocycles. The van der Waals surface area contributed by atoms with E-state index in [-0.39, 0.29) is 23.3 Å². The molecule has 35 heavy (non-hydrogen) atoms. The summed E-state index contributed by atoms with van der Waals surface area (Å²) >= 11 is 6.67. The SMILES string of the molecule is NC(=O)C1CCN(c2nc3ccccn3c(=O)c2C=C2SC(=S)N(Cc3ccccc3)C2=O)CC1. The molecule has 0 saturated carbocycles. The van der Waals surface area contributed by atoms with Crippen molar-refractivity contribution in [1.82, 2.24) is 14.3 Å². The summed E-state index contributed by atoms with van der Waals surface area (Å²) in [7, 11) is 0. The number of carbonyl (C=O) groups is 2. The lowest BCUT2D eigenvalue weighted by Crippen LogP contribution is -2.40. The number of piperidine rings is 1. The van der Waals surface area contributed by atoms with Crippen molar-refractivity contribution in [1.29, 1.82) is 0 Å². The minimum absolute atomic E-state index is 0.189. The van der Waals surface area contributed by atoms with Crippen LogP contribution in [0, 0.1) is 5.92 Å². The van der Waals surface area contributed by atoms with Crippen LogP contribution < -0.4 is 16.2 Å². The molecule has 2 saturated heterocycles. The number of nitrogens with two attached hydrogens (primary N) is 1. The highest BCUT2D eigenvalue weighted by Gasteiger charge is 2.33. The van der Waals surface area contributed by atoms with E-state index in [2.05, 4.69) is 0 Å². The van der Waals surface area contributed by atoms with Crippen molar-refractivity contribution in [3.8, 4) is 0 Å². The lowest BCUT2D eigenvalue weighted by molar-refractivity contribution is -0.123. The summed E-state index contributed by atoms with van der Waals surface area (Å²) in [4.78, 5) is 47.1. The molecule has 3 aromatic rings. The number of aromatic nitrogens is 2. The standard InChI is InChI=1S/C25H23N5O3S2/c26-21(31)17-9-12-28(13-10-17)22-18(23(32)29-11-5-4-8-20(29)27-22)14-19-24(33)30(25(34)35-19)15-16-6-2-1-3-7-16/h1-8,11,14,17H,9-10,12-13,15H2,(H2,26,31). The van der Waals surface area contributed by atoms with Crippen LogP contribution in [-0.4, -0.2) is 43.5 Å². The van der Waals surface area contributed by atoms with Gasteiger partial charge in [0, 0.05) is 25.2 Å². The van der Waals surface area contributed by atoms with Gasteiger partial charge < -0.3 is 10.6 Å². The summed E-state index contributed by atoms with van der Waals surface area (Å²) < 4.78 is 1.92. The van der Waals surface area contributed by atoms with E-state index >= 15 is 0 Å². The summed E-state index contributed by atoms with van der Waals surface area (Å²) in [5.74, 6) is -0.235. The van der Waals surface area contributed by atoms with E-state index in [1.165, 1.54) is 16.2 Å². The molecule has 2 aromatic heterocycles. The number of thiocarbonyl (C=S) groups is 1. The second-order valence-corrected chi connectivity index (χ2v) is 10.2. The first-order valence-electron chi connectivity index (χ1n) is 11.3. The summed E-state index contributed by atoms with van der Waals surface area (Å²) in [5, 5.41) is 0. The molecule has 2 N–H and O–H groups in total. The quantitative estimate of drug-likeness (QED) is 0.420. The van der Waals surface area contributed by atoms with Crippen molar-refractivity contribution in [2.75, 3.05) is 18.0 Å². The van der Waals surface area contributed by atoms with Crippen molar-refractivity contribution in [3.05, 3.63) is 81.1 Å². The normalized spacial score (nSPS) is 18.1. The van der Waals surface area contributed by atoms with Gasteiger partial charge in [-0.05, 0) is 36.6 Å².